The van der Waals surface area contributed by atoms with E-state index in [1.54, 1.807) is 0 Å². The quantitative estimate of drug-likeness (QED) is 0.706. The number of hydrogen-bond donors (Lipinski definition) is 0. The first-order valence-electron chi connectivity index (χ1n) is 7.18. The summed E-state index contributed by atoms with van der Waals surface area (Å²) in [5.41, 5.74) is 1.05. The normalized spacial score (nSPS) is 11.4. The lowest BCUT2D eigenvalue weighted by molar-refractivity contribution is 0.287. The van der Waals surface area contributed by atoms with Gasteiger partial charge >= 0.3 is 0 Å². The summed E-state index contributed by atoms with van der Waals surface area (Å²) in [6, 6.07) is 3.81. The Balaban J connectivity index is 2.98. The van der Waals surface area contributed by atoms with Gasteiger partial charge < -0.3 is 9.47 Å². The lowest BCUT2D eigenvalue weighted by atomic mass is 10.0. The first-order chi connectivity index (χ1) is 9.62. The molecule has 0 aromatic heterocycles. The first-order valence-corrected chi connectivity index (χ1v) is 7.56. The number of halogens is 1. The van der Waals surface area contributed by atoms with Gasteiger partial charge in [0.25, 0.3) is 0 Å². The van der Waals surface area contributed by atoms with Crippen LogP contribution in [0.5, 0.6) is 11.5 Å². The maximum absolute atomic E-state index is 6.33. The predicted octanol–water partition coefficient (Wildman–Crippen LogP) is 4.73. The van der Waals surface area contributed by atoms with Gasteiger partial charge in [-0.15, -0.1) is 5.92 Å². The van der Waals surface area contributed by atoms with Crippen LogP contribution in [0.3, 0.4) is 0 Å². The molecule has 0 aliphatic rings. The van der Waals surface area contributed by atoms with Gasteiger partial charge in [-0.25, -0.2) is 0 Å². The first kappa shape index (κ1) is 16.7. The number of hydrogen-bond acceptors (Lipinski definition) is 2. The lowest BCUT2D eigenvalue weighted by Crippen LogP contribution is -2.02. The predicted molar refractivity (Wildman–Crippen MR) is 84.7 cm³/mol. The number of rotatable bonds is 6. The highest BCUT2D eigenvalue weighted by Gasteiger charge is 2.12. The molecule has 1 rings (SSSR count). The van der Waals surface area contributed by atoms with Gasteiger partial charge in [0.05, 0.1) is 13.2 Å². The van der Waals surface area contributed by atoms with Crippen molar-refractivity contribution in [3.8, 4) is 23.3 Å². The van der Waals surface area contributed by atoms with Crippen LogP contribution in [0.15, 0.2) is 12.1 Å². The fourth-order valence-corrected chi connectivity index (χ4v) is 2.16. The highest BCUT2D eigenvalue weighted by molar-refractivity contribution is 6.31. The van der Waals surface area contributed by atoms with Crippen LogP contribution >= 0.6 is 11.6 Å². The summed E-state index contributed by atoms with van der Waals surface area (Å²) in [5.74, 6) is 8.06. The van der Waals surface area contributed by atoms with E-state index in [-0.39, 0.29) is 5.92 Å². The van der Waals surface area contributed by atoms with E-state index >= 15 is 0 Å². The van der Waals surface area contributed by atoms with Gasteiger partial charge in [0.2, 0.25) is 0 Å². The Hall–Kier alpha value is -1.33. The molecule has 0 spiro atoms. The zero-order chi connectivity index (χ0) is 15.0. The highest BCUT2D eigenvalue weighted by Crippen LogP contribution is 2.34. The van der Waals surface area contributed by atoms with Gasteiger partial charge in [-0.2, -0.15) is 0 Å². The molecule has 0 aliphatic heterocycles. The standard InChI is InChI=1S/C17H23ClO2/c1-5-8-9-13(4)10-14-11-16(19-6-2)17(20-7-3)12-15(14)18/h11-13H,5-7,10H2,1-4H3. The van der Waals surface area contributed by atoms with Crippen LogP contribution in [-0.4, -0.2) is 13.2 Å². The second kappa shape index (κ2) is 8.76. The van der Waals surface area contributed by atoms with Crippen molar-refractivity contribution in [2.75, 3.05) is 13.2 Å². The maximum Gasteiger partial charge on any atom is 0.162 e. The lowest BCUT2D eigenvalue weighted by Gasteiger charge is -2.15. The van der Waals surface area contributed by atoms with E-state index in [0.29, 0.717) is 24.0 Å². The average molecular weight is 295 g/mol. The molecule has 1 unspecified atom stereocenters. The summed E-state index contributed by atoms with van der Waals surface area (Å²) < 4.78 is 11.2. The minimum atomic E-state index is 0.278. The summed E-state index contributed by atoms with van der Waals surface area (Å²) >= 11 is 6.33. The summed E-state index contributed by atoms with van der Waals surface area (Å²) in [7, 11) is 0. The zero-order valence-corrected chi connectivity index (χ0v) is 13.5. The minimum absolute atomic E-state index is 0.278. The molecule has 0 saturated heterocycles. The Labute approximate surface area is 127 Å². The summed E-state index contributed by atoms with van der Waals surface area (Å²) in [6.45, 7) is 9.26. The number of ether oxygens (including phenoxy) is 2. The highest BCUT2D eigenvalue weighted by atomic mass is 35.5. The molecule has 0 heterocycles. The molecule has 3 heteroatoms. The van der Waals surface area contributed by atoms with Crippen molar-refractivity contribution in [3.05, 3.63) is 22.7 Å². The fraction of sp³-hybridized carbons (Fsp3) is 0.529. The average Bonchev–Trinajstić information content (AvgIpc) is 2.42. The third-order valence-corrected chi connectivity index (χ3v) is 3.12. The van der Waals surface area contributed by atoms with Crippen LogP contribution in [0.2, 0.25) is 5.02 Å². The summed E-state index contributed by atoms with van der Waals surface area (Å²) in [6.07, 6.45) is 1.70. The Morgan fingerprint density at radius 1 is 1.10 bits per heavy atom. The van der Waals surface area contributed by atoms with E-state index in [4.69, 9.17) is 21.1 Å². The van der Waals surface area contributed by atoms with Crippen LogP contribution in [0.1, 0.15) is 39.7 Å². The molecule has 0 saturated carbocycles. The molecule has 0 radical (unpaired) electrons. The molecule has 110 valence electrons. The van der Waals surface area contributed by atoms with E-state index < -0.39 is 0 Å². The van der Waals surface area contributed by atoms with Gasteiger partial charge in [0, 0.05) is 23.4 Å². The molecule has 2 nitrogen and oxygen atoms in total. The number of benzene rings is 1. The van der Waals surface area contributed by atoms with E-state index in [2.05, 4.69) is 25.7 Å². The third kappa shape index (κ3) is 4.98. The van der Waals surface area contributed by atoms with E-state index in [9.17, 15) is 0 Å². The monoisotopic (exact) mass is 294 g/mol. The van der Waals surface area contributed by atoms with Crippen molar-refractivity contribution in [1.82, 2.24) is 0 Å². The molecule has 1 atom stereocenters. The van der Waals surface area contributed by atoms with Crippen molar-refractivity contribution in [3.63, 3.8) is 0 Å². The molecule has 0 aliphatic carbocycles. The Bertz CT molecular complexity index is 486. The Morgan fingerprint density at radius 3 is 2.25 bits per heavy atom. The van der Waals surface area contributed by atoms with Crippen LogP contribution in [-0.2, 0) is 6.42 Å². The molecule has 0 fully saturated rings. The van der Waals surface area contributed by atoms with E-state index in [0.717, 1.165) is 24.2 Å². The van der Waals surface area contributed by atoms with Crippen LogP contribution < -0.4 is 9.47 Å². The Morgan fingerprint density at radius 2 is 1.70 bits per heavy atom. The molecule has 0 N–H and O–H groups in total. The van der Waals surface area contributed by atoms with Crippen LogP contribution in [0, 0.1) is 17.8 Å². The molecule has 0 amide bonds. The molecular weight excluding hydrogens is 272 g/mol. The van der Waals surface area contributed by atoms with E-state index in [1.807, 2.05) is 26.0 Å². The fourth-order valence-electron chi connectivity index (χ4n) is 1.93. The largest absolute Gasteiger partial charge is 0.490 e. The van der Waals surface area contributed by atoms with Crippen molar-refractivity contribution >= 4 is 11.6 Å². The summed E-state index contributed by atoms with van der Waals surface area (Å²) in [4.78, 5) is 0. The third-order valence-electron chi connectivity index (χ3n) is 2.76. The van der Waals surface area contributed by atoms with Gasteiger partial charge in [-0.3, -0.25) is 0 Å². The smallest absolute Gasteiger partial charge is 0.162 e. The zero-order valence-electron chi connectivity index (χ0n) is 12.8. The SMILES string of the molecule is CCC#CC(C)Cc1cc(OCC)c(OCC)cc1Cl. The molecular formula is C17H23ClO2. The molecule has 0 bridgehead atoms. The van der Waals surface area contributed by atoms with Crippen molar-refractivity contribution in [2.24, 2.45) is 5.92 Å². The van der Waals surface area contributed by atoms with Crippen molar-refractivity contribution in [2.45, 2.75) is 40.5 Å². The molecule has 1 aromatic rings. The van der Waals surface area contributed by atoms with Crippen molar-refractivity contribution in [1.29, 1.82) is 0 Å². The van der Waals surface area contributed by atoms with Gasteiger partial charge in [0.1, 0.15) is 0 Å². The van der Waals surface area contributed by atoms with Crippen LogP contribution in [0.25, 0.3) is 0 Å². The Kier molecular flexibility index (Phi) is 7.33. The van der Waals surface area contributed by atoms with Gasteiger partial charge in [0.15, 0.2) is 11.5 Å². The second-order valence-corrected chi connectivity index (χ2v) is 4.94. The minimum Gasteiger partial charge on any atom is -0.490 e. The second-order valence-electron chi connectivity index (χ2n) is 4.54. The topological polar surface area (TPSA) is 18.5 Å². The van der Waals surface area contributed by atoms with Crippen LogP contribution in [0.4, 0.5) is 0 Å². The van der Waals surface area contributed by atoms with Crippen molar-refractivity contribution < 1.29 is 9.47 Å². The maximum atomic E-state index is 6.33. The van der Waals surface area contributed by atoms with Gasteiger partial charge in [-0.1, -0.05) is 31.4 Å². The molecule has 20 heavy (non-hydrogen) atoms. The van der Waals surface area contributed by atoms with E-state index in [1.165, 1.54) is 0 Å². The van der Waals surface area contributed by atoms with Gasteiger partial charge in [-0.05, 0) is 31.9 Å². The molecule has 1 aromatic carbocycles. The summed E-state index contributed by atoms with van der Waals surface area (Å²) in [5, 5.41) is 0.710.